The van der Waals surface area contributed by atoms with Gasteiger partial charge in [0, 0.05) is 12.1 Å². The average Bonchev–Trinajstić information content (AvgIpc) is 2.56. The van der Waals surface area contributed by atoms with E-state index < -0.39 is 0 Å². The Morgan fingerprint density at radius 1 is 0.920 bits per heavy atom. The molecule has 0 unspecified atom stereocenters. The van der Waals surface area contributed by atoms with E-state index in [1.165, 1.54) is 12.1 Å². The van der Waals surface area contributed by atoms with Gasteiger partial charge in [-0.3, -0.25) is 9.69 Å². The molecule has 0 saturated carbocycles. The lowest BCUT2D eigenvalue weighted by Gasteiger charge is -2.16. The van der Waals surface area contributed by atoms with Gasteiger partial charge in [0.1, 0.15) is 0 Å². The number of halogens is 1. The Balaban J connectivity index is 0.00000225. The largest absolute Gasteiger partial charge is 0.504 e. The number of Topliss-reactive ketones (excluding diaryl/α,β-unsaturated/α-hetero) is 1. The van der Waals surface area contributed by atoms with E-state index in [-0.39, 0.29) is 29.7 Å². The highest BCUT2D eigenvalue weighted by Gasteiger charge is 2.11. The summed E-state index contributed by atoms with van der Waals surface area (Å²) >= 11 is 0. The Morgan fingerprint density at radius 3 is 2.24 bits per heavy atom. The van der Waals surface area contributed by atoms with Crippen LogP contribution in [0.15, 0.2) is 60.7 Å². The zero-order valence-electron chi connectivity index (χ0n) is 13.8. The molecule has 0 aliphatic rings. The van der Waals surface area contributed by atoms with Crippen LogP contribution in [0.25, 0.3) is 10.8 Å². The first-order valence-electron chi connectivity index (χ1n) is 7.74. The minimum atomic E-state index is -0.187. The normalized spacial score (nSPS) is 10.6. The molecule has 0 aliphatic heterocycles. The van der Waals surface area contributed by atoms with Crippen molar-refractivity contribution in [2.24, 2.45) is 0 Å². The van der Waals surface area contributed by atoms with Crippen LogP contribution in [0.5, 0.6) is 11.5 Å². The number of nitrogens with zero attached hydrogens (tertiary/aromatic N) is 1. The van der Waals surface area contributed by atoms with Crippen molar-refractivity contribution >= 4 is 29.0 Å². The zero-order chi connectivity index (χ0) is 17.1. The van der Waals surface area contributed by atoms with Crippen LogP contribution in [0.2, 0.25) is 0 Å². The molecular formula is C20H20ClNO3. The third-order valence-corrected chi connectivity index (χ3v) is 3.96. The molecule has 0 atom stereocenters. The van der Waals surface area contributed by atoms with E-state index in [1.54, 1.807) is 18.2 Å². The summed E-state index contributed by atoms with van der Waals surface area (Å²) in [6.07, 6.45) is 0. The third-order valence-electron chi connectivity index (χ3n) is 3.96. The number of carbonyl (C=O) groups excluding carboxylic acids is 1. The minimum absolute atomic E-state index is 0. The number of phenols is 2. The summed E-state index contributed by atoms with van der Waals surface area (Å²) in [5, 5.41) is 20.6. The van der Waals surface area contributed by atoms with Gasteiger partial charge in [0.05, 0.1) is 6.54 Å². The van der Waals surface area contributed by atoms with Crippen molar-refractivity contribution in [1.29, 1.82) is 0 Å². The number of aromatic hydroxyl groups is 2. The molecule has 0 aliphatic carbocycles. The van der Waals surface area contributed by atoms with Crippen molar-refractivity contribution in [3.63, 3.8) is 0 Å². The smallest absolute Gasteiger partial charge is 0.176 e. The second-order valence-corrected chi connectivity index (χ2v) is 5.98. The van der Waals surface area contributed by atoms with Gasteiger partial charge >= 0.3 is 0 Å². The van der Waals surface area contributed by atoms with E-state index in [0.29, 0.717) is 18.7 Å². The summed E-state index contributed by atoms with van der Waals surface area (Å²) in [6.45, 7) is 1.01. The summed E-state index contributed by atoms with van der Waals surface area (Å²) in [6, 6.07) is 18.2. The topological polar surface area (TPSA) is 60.8 Å². The molecule has 2 N–H and O–H groups in total. The summed E-state index contributed by atoms with van der Waals surface area (Å²) in [5.41, 5.74) is 1.75. The quantitative estimate of drug-likeness (QED) is 0.535. The fraction of sp³-hybridized carbons (Fsp3) is 0.150. The lowest BCUT2D eigenvalue weighted by atomic mass is 10.0. The van der Waals surface area contributed by atoms with Gasteiger partial charge in [-0.2, -0.15) is 0 Å². The predicted molar refractivity (Wildman–Crippen MR) is 102 cm³/mol. The molecule has 0 radical (unpaired) electrons. The molecule has 0 bridgehead atoms. The lowest BCUT2D eigenvalue weighted by molar-refractivity contribution is 0.0943. The maximum absolute atomic E-state index is 12.5. The fourth-order valence-corrected chi connectivity index (χ4v) is 2.73. The van der Waals surface area contributed by atoms with Gasteiger partial charge in [-0.05, 0) is 41.6 Å². The Morgan fingerprint density at radius 2 is 1.56 bits per heavy atom. The molecule has 3 rings (SSSR count). The van der Waals surface area contributed by atoms with Gasteiger partial charge in [0.25, 0.3) is 0 Å². The highest BCUT2D eigenvalue weighted by atomic mass is 35.5. The van der Waals surface area contributed by atoms with Gasteiger partial charge in [0.2, 0.25) is 0 Å². The molecule has 0 amide bonds. The molecule has 4 nitrogen and oxygen atoms in total. The first-order chi connectivity index (χ1) is 11.5. The molecule has 0 saturated heterocycles. The molecule has 5 heteroatoms. The molecule has 0 fully saturated rings. The van der Waals surface area contributed by atoms with Crippen LogP contribution in [-0.2, 0) is 6.54 Å². The molecule has 0 aromatic heterocycles. The second kappa shape index (κ2) is 8.01. The minimum Gasteiger partial charge on any atom is -0.504 e. The average molecular weight is 358 g/mol. The number of fused-ring (bicyclic) bond motifs is 1. The summed E-state index contributed by atoms with van der Waals surface area (Å²) in [7, 11) is 1.91. The Kier molecular flexibility index (Phi) is 6.02. The Bertz CT molecular complexity index is 881. The van der Waals surface area contributed by atoms with Crippen LogP contribution < -0.4 is 0 Å². The Labute approximate surface area is 152 Å². The predicted octanol–water partition coefficient (Wildman–Crippen LogP) is 3.99. The van der Waals surface area contributed by atoms with Crippen LogP contribution in [0, 0.1) is 0 Å². The monoisotopic (exact) mass is 357 g/mol. The van der Waals surface area contributed by atoms with Crippen molar-refractivity contribution in [3.8, 4) is 11.5 Å². The molecule has 3 aromatic rings. The lowest BCUT2D eigenvalue weighted by Crippen LogP contribution is -2.25. The highest BCUT2D eigenvalue weighted by Crippen LogP contribution is 2.30. The van der Waals surface area contributed by atoms with Gasteiger partial charge < -0.3 is 10.2 Å². The van der Waals surface area contributed by atoms with E-state index in [0.717, 1.165) is 16.3 Å². The van der Waals surface area contributed by atoms with Crippen LogP contribution >= 0.6 is 12.4 Å². The second-order valence-electron chi connectivity index (χ2n) is 5.98. The van der Waals surface area contributed by atoms with Crippen molar-refractivity contribution in [3.05, 3.63) is 71.8 Å². The number of ketones is 1. The number of carbonyl (C=O) groups is 1. The third kappa shape index (κ3) is 4.50. The van der Waals surface area contributed by atoms with Crippen molar-refractivity contribution in [1.82, 2.24) is 4.90 Å². The summed E-state index contributed by atoms with van der Waals surface area (Å²) in [5.74, 6) is -0.333. The number of phenolic OH excluding ortho intramolecular Hbond substituents is 2. The van der Waals surface area contributed by atoms with Gasteiger partial charge in [0.15, 0.2) is 17.3 Å². The number of likely N-dealkylation sites (N-methyl/N-ethyl adjacent to an activating group) is 1. The molecular weight excluding hydrogens is 338 g/mol. The van der Waals surface area contributed by atoms with E-state index in [2.05, 4.69) is 0 Å². The zero-order valence-corrected chi connectivity index (χ0v) is 14.7. The van der Waals surface area contributed by atoms with E-state index >= 15 is 0 Å². The highest BCUT2D eigenvalue weighted by molar-refractivity contribution is 6.01. The number of hydrogen-bond acceptors (Lipinski definition) is 4. The molecule has 0 heterocycles. The maximum Gasteiger partial charge on any atom is 0.176 e. The summed E-state index contributed by atoms with van der Waals surface area (Å²) < 4.78 is 0. The van der Waals surface area contributed by atoms with Crippen LogP contribution in [-0.4, -0.2) is 34.5 Å². The van der Waals surface area contributed by atoms with Crippen LogP contribution in [0.1, 0.15) is 15.9 Å². The first kappa shape index (κ1) is 18.8. The molecule has 25 heavy (non-hydrogen) atoms. The van der Waals surface area contributed by atoms with Gasteiger partial charge in [-0.1, -0.05) is 42.5 Å². The van der Waals surface area contributed by atoms with Crippen LogP contribution in [0.3, 0.4) is 0 Å². The number of benzene rings is 3. The van der Waals surface area contributed by atoms with E-state index in [9.17, 15) is 15.0 Å². The van der Waals surface area contributed by atoms with Crippen molar-refractivity contribution in [2.75, 3.05) is 13.6 Å². The number of hydrogen-bond donors (Lipinski definition) is 2. The summed E-state index contributed by atoms with van der Waals surface area (Å²) in [4.78, 5) is 14.5. The first-order valence-corrected chi connectivity index (χ1v) is 7.74. The molecule has 0 spiro atoms. The van der Waals surface area contributed by atoms with Gasteiger partial charge in [-0.25, -0.2) is 0 Å². The molecule has 130 valence electrons. The molecule has 3 aromatic carbocycles. The van der Waals surface area contributed by atoms with E-state index in [1.807, 2.05) is 42.3 Å². The number of rotatable bonds is 5. The van der Waals surface area contributed by atoms with Crippen molar-refractivity contribution < 1.29 is 15.0 Å². The fourth-order valence-electron chi connectivity index (χ4n) is 2.73. The van der Waals surface area contributed by atoms with Crippen molar-refractivity contribution in [2.45, 2.75) is 6.54 Å². The van der Waals surface area contributed by atoms with Crippen LogP contribution in [0.4, 0.5) is 0 Å². The van der Waals surface area contributed by atoms with E-state index in [4.69, 9.17) is 0 Å². The SMILES string of the molecule is CN(CC(=O)c1ccc2cc(O)c(O)cc2c1)Cc1ccccc1.Cl. The Hall–Kier alpha value is -2.56. The standard InChI is InChI=1S/C20H19NO3.ClH/c1-21(12-14-5-3-2-4-6-14)13-20(24)16-8-7-15-10-18(22)19(23)11-17(15)9-16;/h2-11,22-23H,12-13H2,1H3;1H. The van der Waals surface area contributed by atoms with Gasteiger partial charge in [-0.15, -0.1) is 12.4 Å². The maximum atomic E-state index is 12.5.